The van der Waals surface area contributed by atoms with Gasteiger partial charge in [0, 0.05) is 24.3 Å². The molecule has 0 aromatic heterocycles. The first-order valence-corrected chi connectivity index (χ1v) is 7.34. The number of hydrogen-bond acceptors (Lipinski definition) is 4. The molecule has 2 aromatic carbocycles. The molecule has 4 nitrogen and oxygen atoms in total. The number of ether oxygens (including phenoxy) is 2. The molecule has 22 heavy (non-hydrogen) atoms. The number of aliphatic hydroxyl groups is 1. The van der Waals surface area contributed by atoms with E-state index in [4.69, 9.17) is 9.47 Å². The molecule has 0 amide bonds. The minimum Gasteiger partial charge on any atom is -0.493 e. The van der Waals surface area contributed by atoms with Gasteiger partial charge in [-0.25, -0.2) is 0 Å². The largest absolute Gasteiger partial charge is 0.493 e. The third-order valence-electron chi connectivity index (χ3n) is 3.72. The summed E-state index contributed by atoms with van der Waals surface area (Å²) in [6, 6.07) is 15.8. The highest BCUT2D eigenvalue weighted by molar-refractivity contribution is 5.55. The lowest BCUT2D eigenvalue weighted by Gasteiger charge is -2.26. The van der Waals surface area contributed by atoms with Crippen LogP contribution in [-0.4, -0.2) is 25.9 Å². The van der Waals surface area contributed by atoms with Gasteiger partial charge in [-0.3, -0.25) is 0 Å². The second kappa shape index (κ2) is 7.71. The highest BCUT2D eigenvalue weighted by atomic mass is 16.5. The molecule has 0 fully saturated rings. The number of rotatable bonds is 7. The summed E-state index contributed by atoms with van der Waals surface area (Å²) in [5.41, 5.74) is 2.06. The second-order valence-corrected chi connectivity index (χ2v) is 5.26. The lowest BCUT2D eigenvalue weighted by molar-refractivity contribution is 0.222. The number of hydrogen-bond donors (Lipinski definition) is 2. The minimum absolute atomic E-state index is 0.0179. The van der Waals surface area contributed by atoms with Gasteiger partial charge in [0.2, 0.25) is 0 Å². The Morgan fingerprint density at radius 2 is 1.68 bits per heavy atom. The summed E-state index contributed by atoms with van der Waals surface area (Å²) in [7, 11) is 3.23. The molecule has 0 saturated carbocycles. The highest BCUT2D eigenvalue weighted by Gasteiger charge is 2.19. The monoisotopic (exact) mass is 301 g/mol. The van der Waals surface area contributed by atoms with Crippen LogP contribution in [-0.2, 0) is 0 Å². The first-order chi connectivity index (χ1) is 10.7. The van der Waals surface area contributed by atoms with Crippen molar-refractivity contribution in [3.8, 4) is 11.5 Å². The van der Waals surface area contributed by atoms with Crippen LogP contribution in [0.1, 0.15) is 18.5 Å². The molecule has 0 unspecified atom stereocenters. The van der Waals surface area contributed by atoms with Gasteiger partial charge in [0.05, 0.1) is 20.3 Å². The summed E-state index contributed by atoms with van der Waals surface area (Å²) in [5.74, 6) is 1.45. The van der Waals surface area contributed by atoms with Crippen molar-refractivity contribution in [2.24, 2.45) is 5.92 Å². The smallest absolute Gasteiger partial charge is 0.162 e. The van der Waals surface area contributed by atoms with Crippen LogP contribution in [0.4, 0.5) is 5.69 Å². The molecule has 2 rings (SSSR count). The van der Waals surface area contributed by atoms with Crippen molar-refractivity contribution in [3.05, 3.63) is 54.1 Å². The van der Waals surface area contributed by atoms with Crippen LogP contribution in [0.2, 0.25) is 0 Å². The maximum Gasteiger partial charge on any atom is 0.162 e. The van der Waals surface area contributed by atoms with Gasteiger partial charge < -0.3 is 19.9 Å². The summed E-state index contributed by atoms with van der Waals surface area (Å²) in [4.78, 5) is 0. The van der Waals surface area contributed by atoms with Crippen molar-refractivity contribution >= 4 is 5.69 Å². The van der Waals surface area contributed by atoms with Crippen molar-refractivity contribution in [1.82, 2.24) is 0 Å². The fourth-order valence-corrected chi connectivity index (χ4v) is 2.43. The lowest BCUT2D eigenvalue weighted by atomic mass is 9.95. The number of anilines is 1. The number of nitrogens with one attached hydrogen (secondary N) is 1. The van der Waals surface area contributed by atoms with Gasteiger partial charge in [-0.05, 0) is 17.7 Å². The van der Waals surface area contributed by atoms with Gasteiger partial charge in [0.1, 0.15) is 0 Å². The zero-order valence-electron chi connectivity index (χ0n) is 13.2. The average Bonchev–Trinajstić information content (AvgIpc) is 2.59. The molecule has 2 aromatic rings. The molecule has 2 N–H and O–H groups in total. The Labute approximate surface area is 131 Å². The van der Waals surface area contributed by atoms with E-state index < -0.39 is 0 Å². The van der Waals surface area contributed by atoms with Crippen LogP contribution >= 0.6 is 0 Å². The number of benzene rings is 2. The highest BCUT2D eigenvalue weighted by Crippen LogP contribution is 2.33. The van der Waals surface area contributed by atoms with Gasteiger partial charge in [-0.15, -0.1) is 0 Å². The molecule has 118 valence electrons. The molecule has 0 saturated heterocycles. The van der Waals surface area contributed by atoms with Crippen LogP contribution in [0.3, 0.4) is 0 Å². The standard InChI is InChI=1S/C18H23NO3/c1-13(12-20)18(14-7-5-4-6-8-14)19-15-9-10-16(21-2)17(11-15)22-3/h4-11,13,18-20H,12H2,1-3H3/t13-,18+/m1/s1. The molecular formula is C18H23NO3. The molecule has 0 heterocycles. The second-order valence-electron chi connectivity index (χ2n) is 5.26. The minimum atomic E-state index is 0.0179. The Kier molecular flexibility index (Phi) is 5.67. The molecule has 2 atom stereocenters. The fraction of sp³-hybridized carbons (Fsp3) is 0.333. The molecule has 4 heteroatoms. The quantitative estimate of drug-likeness (QED) is 0.822. The zero-order chi connectivity index (χ0) is 15.9. The molecule has 0 aliphatic rings. The Bertz CT molecular complexity index is 586. The summed E-state index contributed by atoms with van der Waals surface area (Å²) < 4.78 is 10.6. The molecule has 0 aliphatic carbocycles. The normalized spacial score (nSPS) is 13.3. The first-order valence-electron chi connectivity index (χ1n) is 7.34. The van der Waals surface area contributed by atoms with Gasteiger partial charge >= 0.3 is 0 Å². The summed E-state index contributed by atoms with van der Waals surface area (Å²) in [6.07, 6.45) is 0. The summed E-state index contributed by atoms with van der Waals surface area (Å²) >= 11 is 0. The van der Waals surface area contributed by atoms with Crippen molar-refractivity contribution in [2.45, 2.75) is 13.0 Å². The first kappa shape index (κ1) is 16.2. The number of methoxy groups -OCH3 is 2. The van der Waals surface area contributed by atoms with E-state index in [-0.39, 0.29) is 18.6 Å². The Hall–Kier alpha value is -2.20. The SMILES string of the molecule is COc1ccc(N[C@H](c2ccccc2)[C@H](C)CO)cc1OC. The Balaban J connectivity index is 2.28. The Morgan fingerprint density at radius 3 is 2.27 bits per heavy atom. The van der Waals surface area contributed by atoms with Gasteiger partial charge in [-0.1, -0.05) is 37.3 Å². The average molecular weight is 301 g/mol. The predicted molar refractivity (Wildman–Crippen MR) is 88.6 cm³/mol. The topological polar surface area (TPSA) is 50.7 Å². The number of aliphatic hydroxyl groups excluding tert-OH is 1. The predicted octanol–water partition coefficient (Wildman–Crippen LogP) is 3.49. The van der Waals surface area contributed by atoms with Crippen LogP contribution < -0.4 is 14.8 Å². The van der Waals surface area contributed by atoms with Crippen LogP contribution in [0.15, 0.2) is 48.5 Å². The lowest BCUT2D eigenvalue weighted by Crippen LogP contribution is -2.21. The molecule has 0 aliphatic heterocycles. The van der Waals surface area contributed by atoms with E-state index >= 15 is 0 Å². The van der Waals surface area contributed by atoms with Crippen molar-refractivity contribution in [1.29, 1.82) is 0 Å². The van der Waals surface area contributed by atoms with E-state index in [1.54, 1.807) is 14.2 Å². The third-order valence-corrected chi connectivity index (χ3v) is 3.72. The maximum absolute atomic E-state index is 9.54. The third kappa shape index (κ3) is 3.71. The van der Waals surface area contributed by atoms with E-state index in [0.717, 1.165) is 11.3 Å². The zero-order valence-corrected chi connectivity index (χ0v) is 13.2. The van der Waals surface area contributed by atoms with Gasteiger partial charge in [-0.2, -0.15) is 0 Å². The van der Waals surface area contributed by atoms with Gasteiger partial charge in [0.15, 0.2) is 11.5 Å². The summed E-state index contributed by atoms with van der Waals surface area (Å²) in [6.45, 7) is 2.13. The maximum atomic E-state index is 9.54. The van der Waals surface area contributed by atoms with Crippen LogP contribution in [0.5, 0.6) is 11.5 Å². The Morgan fingerprint density at radius 1 is 1.00 bits per heavy atom. The van der Waals surface area contributed by atoms with E-state index in [1.807, 2.05) is 43.3 Å². The van der Waals surface area contributed by atoms with Crippen LogP contribution in [0.25, 0.3) is 0 Å². The molecule has 0 bridgehead atoms. The fourth-order valence-electron chi connectivity index (χ4n) is 2.43. The van der Waals surface area contributed by atoms with E-state index in [1.165, 1.54) is 0 Å². The van der Waals surface area contributed by atoms with E-state index in [9.17, 15) is 5.11 Å². The molecular weight excluding hydrogens is 278 g/mol. The molecule has 0 spiro atoms. The van der Waals surface area contributed by atoms with E-state index in [0.29, 0.717) is 11.5 Å². The van der Waals surface area contributed by atoms with Crippen molar-refractivity contribution < 1.29 is 14.6 Å². The molecule has 0 radical (unpaired) electrons. The summed E-state index contributed by atoms with van der Waals surface area (Å²) in [5, 5.41) is 13.0. The van der Waals surface area contributed by atoms with Crippen molar-refractivity contribution in [3.63, 3.8) is 0 Å². The van der Waals surface area contributed by atoms with Crippen LogP contribution in [0, 0.1) is 5.92 Å². The van der Waals surface area contributed by atoms with Gasteiger partial charge in [0.25, 0.3) is 0 Å². The van der Waals surface area contributed by atoms with E-state index in [2.05, 4.69) is 17.4 Å². The van der Waals surface area contributed by atoms with Crippen molar-refractivity contribution in [2.75, 3.05) is 26.1 Å².